The summed E-state index contributed by atoms with van der Waals surface area (Å²) in [6.07, 6.45) is 4.07. The number of benzene rings is 1. The summed E-state index contributed by atoms with van der Waals surface area (Å²) in [5.74, 6) is 1.35. The lowest BCUT2D eigenvalue weighted by Gasteiger charge is -2.38. The Hall–Kier alpha value is -3.16. The lowest BCUT2D eigenvalue weighted by atomic mass is 10.0. The Morgan fingerprint density at radius 2 is 1.90 bits per heavy atom. The van der Waals surface area contributed by atoms with Crippen LogP contribution in [0.1, 0.15) is 45.6 Å². The Balaban J connectivity index is 1.57. The first-order valence-corrected chi connectivity index (χ1v) is 11.0. The van der Waals surface area contributed by atoms with Crippen molar-refractivity contribution < 1.29 is 9.59 Å². The van der Waals surface area contributed by atoms with Crippen LogP contribution in [-0.4, -0.2) is 56.9 Å². The molecular formula is C23H30N6O2. The summed E-state index contributed by atoms with van der Waals surface area (Å²) >= 11 is 0. The molecule has 2 aromatic rings. The zero-order valence-corrected chi connectivity index (χ0v) is 18.4. The van der Waals surface area contributed by atoms with E-state index in [1.165, 1.54) is 0 Å². The van der Waals surface area contributed by atoms with Crippen molar-refractivity contribution in [2.24, 2.45) is 0 Å². The van der Waals surface area contributed by atoms with E-state index >= 15 is 0 Å². The van der Waals surface area contributed by atoms with Crippen LogP contribution in [0.25, 0.3) is 0 Å². The number of piperidine rings is 1. The van der Waals surface area contributed by atoms with Crippen molar-refractivity contribution in [1.82, 2.24) is 19.8 Å². The molecule has 4 rings (SSSR count). The second kappa shape index (κ2) is 8.91. The van der Waals surface area contributed by atoms with E-state index in [4.69, 9.17) is 4.98 Å². The van der Waals surface area contributed by atoms with Gasteiger partial charge in [0.25, 0.3) is 0 Å². The van der Waals surface area contributed by atoms with Gasteiger partial charge in [-0.05, 0) is 38.8 Å². The number of carbonyl (C=O) groups is 2. The Bertz CT molecular complexity index is 940. The molecule has 1 aromatic heterocycles. The number of carbonyl (C=O) groups excluding carboxylic acids is 2. The summed E-state index contributed by atoms with van der Waals surface area (Å²) < 4.78 is 0. The molecule has 8 heteroatoms. The summed E-state index contributed by atoms with van der Waals surface area (Å²) in [6, 6.07) is 9.80. The van der Waals surface area contributed by atoms with Gasteiger partial charge in [0.2, 0.25) is 11.9 Å². The van der Waals surface area contributed by atoms with E-state index < -0.39 is 0 Å². The Kier molecular flexibility index (Phi) is 6.06. The highest BCUT2D eigenvalue weighted by molar-refractivity contribution is 6.01. The second-order valence-corrected chi connectivity index (χ2v) is 8.37. The van der Waals surface area contributed by atoms with Crippen LogP contribution in [0.3, 0.4) is 0 Å². The SMILES string of the molecule is CCC(=O)N1CCC(Nc2ncc3c(n2)N(c2ccccc2)C(=O)N(C(C)C)C3)CC1. The van der Waals surface area contributed by atoms with Crippen molar-refractivity contribution in [2.75, 3.05) is 23.3 Å². The fourth-order valence-electron chi connectivity index (χ4n) is 4.14. The molecule has 0 unspecified atom stereocenters. The molecule has 164 valence electrons. The fraction of sp³-hybridized carbons (Fsp3) is 0.478. The van der Waals surface area contributed by atoms with Crippen molar-refractivity contribution in [1.29, 1.82) is 0 Å². The molecule has 1 saturated heterocycles. The highest BCUT2D eigenvalue weighted by Gasteiger charge is 2.34. The number of rotatable bonds is 5. The van der Waals surface area contributed by atoms with Crippen LogP contribution < -0.4 is 10.2 Å². The molecule has 8 nitrogen and oxygen atoms in total. The number of urea groups is 1. The molecule has 31 heavy (non-hydrogen) atoms. The van der Waals surface area contributed by atoms with Crippen molar-refractivity contribution in [3.8, 4) is 0 Å². The normalized spacial score (nSPS) is 17.2. The van der Waals surface area contributed by atoms with Crippen molar-refractivity contribution in [3.05, 3.63) is 42.1 Å². The number of hydrogen-bond acceptors (Lipinski definition) is 5. The van der Waals surface area contributed by atoms with E-state index in [0.717, 1.165) is 37.2 Å². The third kappa shape index (κ3) is 4.33. The van der Waals surface area contributed by atoms with Gasteiger partial charge < -0.3 is 15.1 Å². The summed E-state index contributed by atoms with van der Waals surface area (Å²) in [5.41, 5.74) is 1.71. The number of fused-ring (bicyclic) bond motifs is 1. The van der Waals surface area contributed by atoms with Gasteiger partial charge in [0, 0.05) is 43.4 Å². The summed E-state index contributed by atoms with van der Waals surface area (Å²) in [5, 5.41) is 3.42. The summed E-state index contributed by atoms with van der Waals surface area (Å²) in [7, 11) is 0. The van der Waals surface area contributed by atoms with Gasteiger partial charge in [-0.3, -0.25) is 4.79 Å². The number of nitrogens with one attached hydrogen (secondary N) is 1. The monoisotopic (exact) mass is 422 g/mol. The molecule has 0 radical (unpaired) electrons. The lowest BCUT2D eigenvalue weighted by molar-refractivity contribution is -0.131. The van der Waals surface area contributed by atoms with Crippen LogP contribution in [0.2, 0.25) is 0 Å². The average Bonchev–Trinajstić information content (AvgIpc) is 2.79. The predicted octanol–water partition coefficient (Wildman–Crippen LogP) is 3.77. The Morgan fingerprint density at radius 1 is 1.19 bits per heavy atom. The van der Waals surface area contributed by atoms with Gasteiger partial charge in [0.05, 0.1) is 12.2 Å². The summed E-state index contributed by atoms with van der Waals surface area (Å²) in [6.45, 7) is 7.90. The van der Waals surface area contributed by atoms with E-state index in [2.05, 4.69) is 10.3 Å². The largest absolute Gasteiger partial charge is 0.351 e. The zero-order chi connectivity index (χ0) is 22.0. The minimum atomic E-state index is -0.0789. The molecule has 3 amide bonds. The molecule has 2 aliphatic rings. The van der Waals surface area contributed by atoms with Crippen LogP contribution in [0, 0.1) is 0 Å². The van der Waals surface area contributed by atoms with Crippen molar-refractivity contribution >= 4 is 29.4 Å². The Labute approximate surface area is 183 Å². The van der Waals surface area contributed by atoms with E-state index in [1.807, 2.05) is 67.1 Å². The zero-order valence-electron chi connectivity index (χ0n) is 18.4. The number of likely N-dealkylation sites (tertiary alicyclic amines) is 1. The minimum absolute atomic E-state index is 0.0701. The summed E-state index contributed by atoms with van der Waals surface area (Å²) in [4.78, 5) is 39.9. The quantitative estimate of drug-likeness (QED) is 0.793. The molecule has 1 N–H and O–H groups in total. The van der Waals surface area contributed by atoms with E-state index in [1.54, 1.807) is 4.90 Å². The highest BCUT2D eigenvalue weighted by Crippen LogP contribution is 2.34. The average molecular weight is 423 g/mol. The standard InChI is InChI=1S/C23H30N6O2/c1-4-20(30)27-12-10-18(11-13-27)25-22-24-14-17-15-28(16(2)3)23(31)29(21(17)26-22)19-8-6-5-7-9-19/h5-9,14,16,18H,4,10-13,15H2,1-3H3,(H,24,25,26). The van der Waals surface area contributed by atoms with Gasteiger partial charge in [-0.15, -0.1) is 0 Å². The number of nitrogens with zero attached hydrogens (tertiary/aromatic N) is 5. The van der Waals surface area contributed by atoms with Crippen molar-refractivity contribution in [2.45, 2.75) is 58.7 Å². The lowest BCUT2D eigenvalue weighted by Crippen LogP contribution is -2.48. The first-order chi connectivity index (χ1) is 15.0. The molecule has 2 aliphatic heterocycles. The number of hydrogen-bond donors (Lipinski definition) is 1. The highest BCUT2D eigenvalue weighted by atomic mass is 16.2. The molecule has 0 saturated carbocycles. The molecular weight excluding hydrogens is 392 g/mol. The molecule has 3 heterocycles. The molecule has 1 aromatic carbocycles. The van der Waals surface area contributed by atoms with Crippen LogP contribution in [0.15, 0.2) is 36.5 Å². The minimum Gasteiger partial charge on any atom is -0.351 e. The second-order valence-electron chi connectivity index (χ2n) is 8.37. The van der Waals surface area contributed by atoms with Gasteiger partial charge in [-0.2, -0.15) is 4.98 Å². The van der Waals surface area contributed by atoms with Gasteiger partial charge in [-0.1, -0.05) is 25.1 Å². The maximum absolute atomic E-state index is 13.3. The number of amides is 3. The third-order valence-corrected chi connectivity index (χ3v) is 5.95. The first kappa shape index (κ1) is 21.1. The molecule has 0 spiro atoms. The van der Waals surface area contributed by atoms with Crippen LogP contribution in [0.5, 0.6) is 0 Å². The van der Waals surface area contributed by atoms with Gasteiger partial charge >= 0.3 is 6.03 Å². The fourth-order valence-corrected chi connectivity index (χ4v) is 4.14. The van der Waals surface area contributed by atoms with E-state index in [-0.39, 0.29) is 24.0 Å². The smallest absolute Gasteiger partial charge is 0.330 e. The molecule has 0 aliphatic carbocycles. The van der Waals surface area contributed by atoms with E-state index in [0.29, 0.717) is 24.7 Å². The Morgan fingerprint density at radius 3 is 2.55 bits per heavy atom. The van der Waals surface area contributed by atoms with Crippen LogP contribution >= 0.6 is 0 Å². The topological polar surface area (TPSA) is 81.7 Å². The maximum Gasteiger partial charge on any atom is 0.330 e. The number of anilines is 3. The van der Waals surface area contributed by atoms with Crippen LogP contribution in [-0.2, 0) is 11.3 Å². The number of aromatic nitrogens is 2. The third-order valence-electron chi connectivity index (χ3n) is 5.95. The maximum atomic E-state index is 13.3. The van der Waals surface area contributed by atoms with Crippen LogP contribution in [0.4, 0.5) is 22.2 Å². The molecule has 1 fully saturated rings. The first-order valence-electron chi connectivity index (χ1n) is 11.0. The van der Waals surface area contributed by atoms with Gasteiger partial charge in [-0.25, -0.2) is 14.7 Å². The molecule has 0 atom stereocenters. The van der Waals surface area contributed by atoms with Gasteiger partial charge in [0.15, 0.2) is 5.82 Å². The van der Waals surface area contributed by atoms with E-state index in [9.17, 15) is 9.59 Å². The van der Waals surface area contributed by atoms with Gasteiger partial charge in [0.1, 0.15) is 0 Å². The number of para-hydroxylation sites is 1. The van der Waals surface area contributed by atoms with Crippen molar-refractivity contribution in [3.63, 3.8) is 0 Å². The predicted molar refractivity (Wildman–Crippen MR) is 120 cm³/mol. The molecule has 0 bridgehead atoms.